The van der Waals surface area contributed by atoms with E-state index in [-0.39, 0.29) is 15.6 Å². The molecule has 1 aromatic rings. The van der Waals surface area contributed by atoms with Gasteiger partial charge in [0.1, 0.15) is 0 Å². The third-order valence-electron chi connectivity index (χ3n) is 2.32. The average Bonchev–Trinajstić information content (AvgIpc) is 2.19. The number of fused-ring (bicyclic) bond motifs is 1. The van der Waals surface area contributed by atoms with E-state index in [9.17, 15) is 17.2 Å². The van der Waals surface area contributed by atoms with Crippen molar-refractivity contribution in [3.63, 3.8) is 0 Å². The molecule has 6 nitrogen and oxygen atoms in total. The van der Waals surface area contributed by atoms with Gasteiger partial charge in [-0.25, -0.2) is 13.1 Å². The minimum absolute atomic E-state index is 0.0472. The van der Waals surface area contributed by atoms with Gasteiger partial charge in [-0.3, -0.25) is 4.21 Å². The van der Waals surface area contributed by atoms with Crippen molar-refractivity contribution >= 4 is 38.6 Å². The van der Waals surface area contributed by atoms with E-state index in [1.807, 2.05) is 0 Å². The molecule has 9 heteroatoms. The van der Waals surface area contributed by atoms with Crippen LogP contribution in [0.15, 0.2) is 17.0 Å². The Bertz CT molecular complexity index is 587. The molecule has 17 heavy (non-hydrogen) atoms. The van der Waals surface area contributed by atoms with Crippen molar-refractivity contribution < 1.29 is 17.2 Å². The predicted octanol–water partition coefficient (Wildman–Crippen LogP) is 0.380. The average molecular weight is 296 g/mol. The number of nitrogens with one attached hydrogen (secondary N) is 2. The Labute approximate surface area is 106 Å². The molecule has 1 atom stereocenters. The molecular formula is C8H8ClN2O4S2-. The Balaban J connectivity index is 2.57. The number of hydrogen-bond donors (Lipinski definition) is 2. The Morgan fingerprint density at radius 3 is 2.82 bits per heavy atom. The summed E-state index contributed by atoms with van der Waals surface area (Å²) in [5.74, 6) is 0. The zero-order valence-corrected chi connectivity index (χ0v) is 10.8. The number of hydrogen-bond acceptors (Lipinski definition) is 4. The lowest BCUT2D eigenvalue weighted by Crippen LogP contribution is -2.31. The van der Waals surface area contributed by atoms with E-state index in [0.717, 1.165) is 0 Å². The lowest BCUT2D eigenvalue weighted by Gasteiger charge is -2.20. The van der Waals surface area contributed by atoms with Crippen LogP contribution in [-0.2, 0) is 27.7 Å². The summed E-state index contributed by atoms with van der Waals surface area (Å²) in [5.41, 5.74) is 0.627. The Kier molecular flexibility index (Phi) is 3.41. The van der Waals surface area contributed by atoms with Gasteiger partial charge in [-0.2, -0.15) is 0 Å². The van der Waals surface area contributed by atoms with Gasteiger partial charge >= 0.3 is 0 Å². The highest BCUT2D eigenvalue weighted by Gasteiger charge is 2.24. The van der Waals surface area contributed by atoms with Gasteiger partial charge in [0.15, 0.2) is 0 Å². The van der Waals surface area contributed by atoms with E-state index in [2.05, 4.69) is 9.44 Å². The molecule has 0 aromatic heterocycles. The van der Waals surface area contributed by atoms with E-state index in [1.54, 1.807) is 0 Å². The smallest absolute Gasteiger partial charge is 0.240 e. The van der Waals surface area contributed by atoms with Crippen molar-refractivity contribution in [3.8, 4) is 0 Å². The molecule has 1 heterocycles. The van der Waals surface area contributed by atoms with Gasteiger partial charge in [0, 0.05) is 17.8 Å². The molecule has 0 saturated heterocycles. The quantitative estimate of drug-likeness (QED) is 0.771. The van der Waals surface area contributed by atoms with Crippen LogP contribution in [0.1, 0.15) is 5.56 Å². The van der Waals surface area contributed by atoms with Crippen LogP contribution in [-0.4, -0.2) is 23.7 Å². The number of halogens is 1. The standard InChI is InChI=1S/C8H9ClN2O4S2/c9-6-3-5-1-2-10-17(14,15)8(5)4-7(6)11-16(12)13/h3-4,10-11H,1-2H2,(H,12,13)/p-1. The Morgan fingerprint density at radius 2 is 2.18 bits per heavy atom. The fraction of sp³-hybridized carbons (Fsp3) is 0.250. The zero-order valence-electron chi connectivity index (χ0n) is 8.40. The fourth-order valence-corrected chi connectivity index (χ4v) is 3.55. The Hall–Kier alpha value is -0.670. The first-order chi connectivity index (χ1) is 7.90. The van der Waals surface area contributed by atoms with E-state index in [4.69, 9.17) is 11.6 Å². The maximum Gasteiger partial charge on any atom is 0.240 e. The van der Waals surface area contributed by atoms with Crippen molar-refractivity contribution in [3.05, 3.63) is 22.7 Å². The first kappa shape index (κ1) is 12.8. The van der Waals surface area contributed by atoms with Crippen LogP contribution in [0.25, 0.3) is 0 Å². The van der Waals surface area contributed by atoms with Crippen molar-refractivity contribution in [2.24, 2.45) is 0 Å². The molecule has 94 valence electrons. The molecule has 2 rings (SSSR count). The molecule has 2 N–H and O–H groups in total. The van der Waals surface area contributed by atoms with Crippen LogP contribution in [0.3, 0.4) is 0 Å². The first-order valence-corrected chi connectivity index (χ1v) is 7.52. The predicted molar refractivity (Wildman–Crippen MR) is 62.9 cm³/mol. The maximum atomic E-state index is 11.7. The third-order valence-corrected chi connectivity index (χ3v) is 4.56. The van der Waals surface area contributed by atoms with Gasteiger partial charge in [-0.1, -0.05) is 11.6 Å². The van der Waals surface area contributed by atoms with Crippen LogP contribution in [0.5, 0.6) is 0 Å². The zero-order chi connectivity index (χ0) is 12.6. The number of anilines is 1. The molecule has 1 aromatic carbocycles. The second-order valence-corrected chi connectivity index (χ2v) is 6.24. The second kappa shape index (κ2) is 4.54. The number of benzene rings is 1. The minimum Gasteiger partial charge on any atom is -0.755 e. The molecule has 0 saturated carbocycles. The van der Waals surface area contributed by atoms with E-state index in [0.29, 0.717) is 18.5 Å². The van der Waals surface area contributed by atoms with Gasteiger partial charge < -0.3 is 9.27 Å². The van der Waals surface area contributed by atoms with Gasteiger partial charge in [0.2, 0.25) is 10.0 Å². The van der Waals surface area contributed by atoms with Gasteiger partial charge in [-0.15, -0.1) is 0 Å². The summed E-state index contributed by atoms with van der Waals surface area (Å²) in [4.78, 5) is 0.0566. The molecule has 1 aliphatic rings. The molecule has 0 spiro atoms. The van der Waals surface area contributed by atoms with Crippen molar-refractivity contribution in [1.29, 1.82) is 0 Å². The largest absolute Gasteiger partial charge is 0.755 e. The summed E-state index contributed by atoms with van der Waals surface area (Å²) in [6.07, 6.45) is 0.523. The summed E-state index contributed by atoms with van der Waals surface area (Å²) in [6, 6.07) is 2.68. The topological polar surface area (TPSA) is 98.3 Å². The summed E-state index contributed by atoms with van der Waals surface area (Å²) in [6.45, 7) is 0.311. The fourth-order valence-electron chi connectivity index (χ4n) is 1.61. The van der Waals surface area contributed by atoms with Crippen molar-refractivity contribution in [2.75, 3.05) is 11.3 Å². The van der Waals surface area contributed by atoms with Crippen LogP contribution >= 0.6 is 11.6 Å². The van der Waals surface area contributed by atoms with E-state index >= 15 is 0 Å². The van der Waals surface area contributed by atoms with Crippen molar-refractivity contribution in [2.45, 2.75) is 11.3 Å². The lowest BCUT2D eigenvalue weighted by molar-refractivity contribution is 0.542. The highest BCUT2D eigenvalue weighted by atomic mass is 35.5. The molecule has 0 radical (unpaired) electrons. The summed E-state index contributed by atoms with van der Waals surface area (Å²) >= 11 is 3.30. The molecule has 0 bridgehead atoms. The molecule has 0 aliphatic carbocycles. The highest BCUT2D eigenvalue weighted by Crippen LogP contribution is 2.30. The molecule has 0 amide bonds. The second-order valence-electron chi connectivity index (χ2n) is 3.42. The van der Waals surface area contributed by atoms with Crippen LogP contribution in [0.4, 0.5) is 5.69 Å². The van der Waals surface area contributed by atoms with E-state index in [1.165, 1.54) is 12.1 Å². The molecular weight excluding hydrogens is 288 g/mol. The monoisotopic (exact) mass is 295 g/mol. The van der Waals surface area contributed by atoms with Crippen LogP contribution in [0.2, 0.25) is 5.02 Å². The van der Waals surface area contributed by atoms with Gasteiger partial charge in [-0.05, 0) is 24.1 Å². The number of rotatable bonds is 2. The minimum atomic E-state index is -3.57. The van der Waals surface area contributed by atoms with Gasteiger partial charge in [0.25, 0.3) is 0 Å². The van der Waals surface area contributed by atoms with E-state index < -0.39 is 21.3 Å². The summed E-state index contributed by atoms with van der Waals surface area (Å²) in [7, 11) is -3.57. The Morgan fingerprint density at radius 1 is 1.47 bits per heavy atom. The highest BCUT2D eigenvalue weighted by molar-refractivity contribution is 7.89. The molecule has 0 fully saturated rings. The summed E-state index contributed by atoms with van der Waals surface area (Å²) < 4.78 is 48.8. The maximum absolute atomic E-state index is 11.7. The molecule has 1 unspecified atom stereocenters. The number of sulfonamides is 1. The van der Waals surface area contributed by atoms with Crippen molar-refractivity contribution in [1.82, 2.24) is 4.72 Å². The SMILES string of the molecule is O=S([O-])Nc1cc2c(cc1Cl)CCNS2(=O)=O. The normalized spacial score (nSPS) is 19.4. The van der Waals surface area contributed by atoms with Crippen LogP contribution < -0.4 is 9.44 Å². The third kappa shape index (κ3) is 2.61. The molecule has 1 aliphatic heterocycles. The first-order valence-electron chi connectivity index (χ1n) is 4.58. The van der Waals surface area contributed by atoms with Gasteiger partial charge in [0.05, 0.1) is 15.6 Å². The summed E-state index contributed by atoms with van der Waals surface area (Å²) in [5, 5.41) is 0.171. The lowest BCUT2D eigenvalue weighted by atomic mass is 10.1. The van der Waals surface area contributed by atoms with Crippen LogP contribution in [0, 0.1) is 0 Å².